The number of rotatable bonds is 1. The van der Waals surface area contributed by atoms with Crippen LogP contribution in [-0.2, 0) is 4.74 Å². The fourth-order valence-electron chi connectivity index (χ4n) is 1.65. The maximum Gasteiger partial charge on any atom is 0.137 e. The first-order valence-electron chi connectivity index (χ1n) is 5.06. The van der Waals surface area contributed by atoms with Crippen LogP contribution >= 0.6 is 24.0 Å². The highest BCUT2D eigenvalue weighted by Crippen LogP contribution is 2.26. The van der Waals surface area contributed by atoms with Crippen LogP contribution in [0.25, 0.3) is 0 Å². The summed E-state index contributed by atoms with van der Waals surface area (Å²) < 4.78 is 6.34. The van der Waals surface area contributed by atoms with Crippen molar-refractivity contribution in [3.63, 3.8) is 0 Å². The van der Waals surface area contributed by atoms with E-state index in [-0.39, 0.29) is 0 Å². The van der Waals surface area contributed by atoms with E-state index >= 15 is 0 Å². The molecule has 1 aliphatic heterocycles. The number of morpholine rings is 1. The molecule has 14 heavy (non-hydrogen) atoms. The zero-order valence-corrected chi connectivity index (χ0v) is 9.78. The van der Waals surface area contributed by atoms with Crippen molar-refractivity contribution in [2.24, 2.45) is 0 Å². The van der Waals surface area contributed by atoms with E-state index in [4.69, 9.17) is 17.0 Å². The first-order valence-corrected chi connectivity index (χ1v) is 6.35. The van der Waals surface area contributed by atoms with Crippen molar-refractivity contribution < 1.29 is 4.74 Å². The molecule has 0 aromatic rings. The molecule has 1 atom stereocenters. The van der Waals surface area contributed by atoms with Crippen LogP contribution < -0.4 is 0 Å². The maximum absolute atomic E-state index is 5.41. The molecule has 2 rings (SSSR count). The molecule has 1 heterocycles. The van der Waals surface area contributed by atoms with Crippen molar-refractivity contribution >= 4 is 28.3 Å². The fourth-order valence-corrected chi connectivity index (χ4v) is 3.24. The van der Waals surface area contributed by atoms with Crippen LogP contribution in [0.15, 0.2) is 12.2 Å². The first-order chi connectivity index (χ1) is 6.86. The Hall–Kier alpha value is -0.0600. The third kappa shape index (κ3) is 2.72. The summed E-state index contributed by atoms with van der Waals surface area (Å²) >= 11 is 7.24. The van der Waals surface area contributed by atoms with E-state index in [1.54, 1.807) is 0 Å². The lowest BCUT2D eigenvalue weighted by atomic mass is 10.4. The third-order valence-electron chi connectivity index (χ3n) is 2.49. The van der Waals surface area contributed by atoms with Gasteiger partial charge in [-0.2, -0.15) is 0 Å². The molecule has 0 aromatic heterocycles. The number of nitrogens with zero attached hydrogens (tertiary/aromatic N) is 1. The second kappa shape index (κ2) is 5.14. The molecule has 0 aromatic carbocycles. The minimum Gasteiger partial charge on any atom is -0.378 e. The summed E-state index contributed by atoms with van der Waals surface area (Å²) in [6.07, 6.45) is 6.98. The summed E-state index contributed by atoms with van der Waals surface area (Å²) in [5.41, 5.74) is 0. The largest absolute Gasteiger partial charge is 0.378 e. The quantitative estimate of drug-likeness (QED) is 0.504. The predicted molar refractivity (Wildman–Crippen MR) is 64.7 cm³/mol. The van der Waals surface area contributed by atoms with Gasteiger partial charge < -0.3 is 9.64 Å². The van der Waals surface area contributed by atoms with Crippen LogP contribution in [0.5, 0.6) is 0 Å². The van der Waals surface area contributed by atoms with Gasteiger partial charge in [-0.05, 0) is 12.8 Å². The molecule has 0 amide bonds. The van der Waals surface area contributed by atoms with Gasteiger partial charge in [-0.25, -0.2) is 0 Å². The Bertz CT molecular complexity index is 236. The summed E-state index contributed by atoms with van der Waals surface area (Å²) in [5, 5.41) is 0.616. The number of hydrogen-bond donors (Lipinski definition) is 0. The molecule has 0 N–H and O–H groups in total. The number of thiocarbonyl (C=S) groups is 1. The lowest BCUT2D eigenvalue weighted by Gasteiger charge is -2.29. The highest BCUT2D eigenvalue weighted by Gasteiger charge is 2.18. The Labute approximate surface area is 94.7 Å². The van der Waals surface area contributed by atoms with E-state index in [1.807, 2.05) is 11.8 Å². The zero-order valence-electron chi connectivity index (χ0n) is 8.15. The fraction of sp³-hybridized carbons (Fsp3) is 0.700. The van der Waals surface area contributed by atoms with Gasteiger partial charge in [-0.3, -0.25) is 0 Å². The van der Waals surface area contributed by atoms with Crippen LogP contribution in [0.4, 0.5) is 0 Å². The normalized spacial score (nSPS) is 26.9. The monoisotopic (exact) mass is 229 g/mol. The maximum atomic E-state index is 5.41. The van der Waals surface area contributed by atoms with Gasteiger partial charge in [0, 0.05) is 18.3 Å². The zero-order chi connectivity index (χ0) is 9.80. The van der Waals surface area contributed by atoms with Gasteiger partial charge in [0.05, 0.1) is 13.2 Å². The SMILES string of the molecule is S=C(S[C@H]1C=CCC1)N1CCOCC1. The lowest BCUT2D eigenvalue weighted by Crippen LogP contribution is -2.39. The van der Waals surface area contributed by atoms with E-state index < -0.39 is 0 Å². The standard InChI is InChI=1S/C10H15NOS2/c13-10(11-5-7-12-8-6-11)14-9-3-1-2-4-9/h1,3,9H,2,4-8H2/t9-/m0/s1. The molecular weight excluding hydrogens is 214 g/mol. The van der Waals surface area contributed by atoms with E-state index in [0.29, 0.717) is 5.25 Å². The number of thioether (sulfide) groups is 1. The van der Waals surface area contributed by atoms with Crippen LogP contribution in [0.3, 0.4) is 0 Å². The van der Waals surface area contributed by atoms with Gasteiger partial charge in [0.25, 0.3) is 0 Å². The minimum atomic E-state index is 0.616. The van der Waals surface area contributed by atoms with Gasteiger partial charge in [-0.1, -0.05) is 36.1 Å². The Morgan fingerprint density at radius 1 is 1.43 bits per heavy atom. The summed E-state index contributed by atoms with van der Waals surface area (Å²) in [5.74, 6) is 0. The summed E-state index contributed by atoms with van der Waals surface area (Å²) in [6.45, 7) is 3.56. The van der Waals surface area contributed by atoms with Crippen LogP contribution in [0.1, 0.15) is 12.8 Å². The molecule has 0 bridgehead atoms. The van der Waals surface area contributed by atoms with Gasteiger partial charge in [0.1, 0.15) is 4.32 Å². The topological polar surface area (TPSA) is 12.5 Å². The highest BCUT2D eigenvalue weighted by atomic mass is 32.2. The molecule has 0 unspecified atom stereocenters. The number of allylic oxidation sites excluding steroid dienone is 1. The van der Waals surface area contributed by atoms with E-state index in [0.717, 1.165) is 30.6 Å². The Morgan fingerprint density at radius 3 is 2.86 bits per heavy atom. The predicted octanol–water partition coefficient (Wildman–Crippen LogP) is 2.06. The molecule has 0 spiro atoms. The molecule has 1 fully saturated rings. The molecule has 0 radical (unpaired) electrons. The third-order valence-corrected chi connectivity index (χ3v) is 4.19. The van der Waals surface area contributed by atoms with Crippen LogP contribution in [-0.4, -0.2) is 40.8 Å². The first kappa shape index (κ1) is 10.5. The van der Waals surface area contributed by atoms with E-state index in [9.17, 15) is 0 Å². The second-order valence-electron chi connectivity index (χ2n) is 3.53. The highest BCUT2D eigenvalue weighted by molar-refractivity contribution is 8.23. The van der Waals surface area contributed by atoms with Crippen molar-refractivity contribution in [2.75, 3.05) is 26.3 Å². The van der Waals surface area contributed by atoms with Crippen molar-refractivity contribution in [3.05, 3.63) is 12.2 Å². The molecule has 2 nitrogen and oxygen atoms in total. The van der Waals surface area contributed by atoms with E-state index in [2.05, 4.69) is 17.1 Å². The average Bonchev–Trinajstić information content (AvgIpc) is 2.72. The molecular formula is C10H15NOS2. The molecule has 0 saturated carbocycles. The Morgan fingerprint density at radius 2 is 2.21 bits per heavy atom. The summed E-state index contributed by atoms with van der Waals surface area (Å²) in [6, 6.07) is 0. The summed E-state index contributed by atoms with van der Waals surface area (Å²) in [4.78, 5) is 2.26. The van der Waals surface area contributed by atoms with Gasteiger partial charge in [0.2, 0.25) is 0 Å². The lowest BCUT2D eigenvalue weighted by molar-refractivity contribution is 0.0702. The number of ether oxygens (including phenoxy) is 1. The minimum absolute atomic E-state index is 0.616. The second-order valence-corrected chi connectivity index (χ2v) is 5.40. The smallest absolute Gasteiger partial charge is 0.137 e. The molecule has 4 heteroatoms. The van der Waals surface area contributed by atoms with Gasteiger partial charge in [0.15, 0.2) is 0 Å². The van der Waals surface area contributed by atoms with Crippen molar-refractivity contribution in [2.45, 2.75) is 18.1 Å². The Kier molecular flexibility index (Phi) is 3.84. The van der Waals surface area contributed by atoms with Crippen LogP contribution in [0, 0.1) is 0 Å². The molecule has 2 aliphatic rings. The molecule has 1 aliphatic carbocycles. The summed E-state index contributed by atoms with van der Waals surface area (Å²) in [7, 11) is 0. The molecule has 78 valence electrons. The van der Waals surface area contributed by atoms with Crippen LogP contribution in [0.2, 0.25) is 0 Å². The number of hydrogen-bond acceptors (Lipinski definition) is 3. The molecule has 1 saturated heterocycles. The van der Waals surface area contributed by atoms with Crippen molar-refractivity contribution in [1.29, 1.82) is 0 Å². The van der Waals surface area contributed by atoms with Crippen molar-refractivity contribution in [3.8, 4) is 0 Å². The van der Waals surface area contributed by atoms with E-state index in [1.165, 1.54) is 12.8 Å². The van der Waals surface area contributed by atoms with Crippen molar-refractivity contribution in [1.82, 2.24) is 4.90 Å². The van der Waals surface area contributed by atoms with Gasteiger partial charge in [-0.15, -0.1) is 0 Å². The van der Waals surface area contributed by atoms with Gasteiger partial charge >= 0.3 is 0 Å². The Balaban J connectivity index is 1.78. The average molecular weight is 229 g/mol.